The number of rotatable bonds is 9. The molecule has 41 heavy (non-hydrogen) atoms. The van der Waals surface area contributed by atoms with E-state index in [-0.39, 0.29) is 40.9 Å². The van der Waals surface area contributed by atoms with Gasteiger partial charge in [-0.2, -0.15) is 4.31 Å². The van der Waals surface area contributed by atoms with Gasteiger partial charge in [-0.1, -0.05) is 23.2 Å². The highest BCUT2D eigenvalue weighted by atomic mass is 35.5. The normalized spacial score (nSPS) is 14.7. The smallest absolute Gasteiger partial charge is 0.325 e. The molecule has 2 amide bonds. The summed E-state index contributed by atoms with van der Waals surface area (Å²) in [5.41, 5.74) is 0.464. The lowest BCUT2D eigenvalue weighted by molar-refractivity contribution is -0.142. The highest BCUT2D eigenvalue weighted by Gasteiger charge is 2.36. The van der Waals surface area contributed by atoms with Crippen molar-refractivity contribution in [3.05, 3.63) is 68.3 Å². The lowest BCUT2D eigenvalue weighted by atomic mass is 10.1. The van der Waals surface area contributed by atoms with Gasteiger partial charge >= 0.3 is 5.97 Å². The molecule has 15 heteroatoms. The molecule has 218 valence electrons. The van der Waals surface area contributed by atoms with Crippen molar-refractivity contribution in [1.29, 1.82) is 0 Å². The van der Waals surface area contributed by atoms with E-state index in [0.717, 1.165) is 15.6 Å². The van der Waals surface area contributed by atoms with Gasteiger partial charge in [-0.05, 0) is 36.4 Å². The summed E-state index contributed by atoms with van der Waals surface area (Å²) < 4.78 is 42.9. The molecule has 1 atom stereocenters. The number of amides is 2. The van der Waals surface area contributed by atoms with Gasteiger partial charge in [-0.15, -0.1) is 11.3 Å². The maximum atomic E-state index is 13.8. The average molecular weight is 643 g/mol. The Kier molecular flexibility index (Phi) is 9.44. The molecule has 0 radical (unpaired) electrons. The minimum atomic E-state index is -3.86. The zero-order chi connectivity index (χ0) is 29.9. The molecular weight excluding hydrogens is 617 g/mol. The molecule has 0 spiro atoms. The summed E-state index contributed by atoms with van der Waals surface area (Å²) in [7, 11) is 0.209. The number of anilines is 1. The Labute approximate surface area is 250 Å². The molecule has 1 N–H and O–H groups in total. The maximum Gasteiger partial charge on any atom is 0.325 e. The van der Waals surface area contributed by atoms with Crippen LogP contribution in [0, 0.1) is 0 Å². The zero-order valence-corrected chi connectivity index (χ0v) is 25.2. The summed E-state index contributed by atoms with van der Waals surface area (Å²) in [6, 6.07) is 10.5. The van der Waals surface area contributed by atoms with Crippen LogP contribution in [-0.4, -0.2) is 71.0 Å². The summed E-state index contributed by atoms with van der Waals surface area (Å²) in [5.74, 6) is -1.12. The van der Waals surface area contributed by atoms with Gasteiger partial charge in [0.2, 0.25) is 10.0 Å². The molecule has 0 saturated heterocycles. The monoisotopic (exact) mass is 641 g/mol. The van der Waals surface area contributed by atoms with Gasteiger partial charge in [-0.3, -0.25) is 14.4 Å². The van der Waals surface area contributed by atoms with Crippen LogP contribution in [0.3, 0.4) is 0 Å². The molecule has 0 bridgehead atoms. The topological polar surface area (TPSA) is 132 Å². The van der Waals surface area contributed by atoms with E-state index in [4.69, 9.17) is 32.7 Å². The van der Waals surface area contributed by atoms with Gasteiger partial charge in [0.05, 0.1) is 41.9 Å². The van der Waals surface area contributed by atoms with Crippen molar-refractivity contribution in [2.75, 3.05) is 39.3 Å². The number of hydrogen-bond donors (Lipinski definition) is 1. The Hall–Kier alpha value is -3.36. The quantitative estimate of drug-likeness (QED) is 0.351. The highest BCUT2D eigenvalue weighted by Crippen LogP contribution is 2.39. The first kappa shape index (κ1) is 30.6. The Morgan fingerprint density at radius 1 is 1.15 bits per heavy atom. The zero-order valence-electron chi connectivity index (χ0n) is 22.1. The average Bonchev–Trinajstić information content (AvgIpc) is 3.33. The van der Waals surface area contributed by atoms with Crippen LogP contribution in [0.4, 0.5) is 5.69 Å². The molecule has 2 aromatic carbocycles. The Morgan fingerprint density at radius 3 is 2.51 bits per heavy atom. The molecule has 11 nitrogen and oxygen atoms in total. The number of nitrogens with one attached hydrogen (secondary N) is 1. The van der Waals surface area contributed by atoms with E-state index in [1.165, 1.54) is 55.8 Å². The fourth-order valence-corrected chi connectivity index (χ4v) is 6.62. The highest BCUT2D eigenvalue weighted by molar-refractivity contribution is 7.89. The number of benzene rings is 2. The molecular formula is C26H25Cl2N3O8S2. The van der Waals surface area contributed by atoms with Crippen molar-refractivity contribution in [2.45, 2.75) is 17.5 Å². The number of carbonyl (C=O) groups is 3. The number of methoxy groups -OCH3 is 2. The lowest BCUT2D eigenvalue weighted by Crippen LogP contribution is -2.51. The molecule has 2 heterocycles. The van der Waals surface area contributed by atoms with Gasteiger partial charge in [0.25, 0.3) is 11.8 Å². The second kappa shape index (κ2) is 12.7. The largest absolute Gasteiger partial charge is 0.497 e. The van der Waals surface area contributed by atoms with Gasteiger partial charge < -0.3 is 24.4 Å². The summed E-state index contributed by atoms with van der Waals surface area (Å²) >= 11 is 13.6. The molecule has 1 aliphatic heterocycles. The van der Waals surface area contributed by atoms with Crippen LogP contribution in [0.25, 0.3) is 0 Å². The summed E-state index contributed by atoms with van der Waals surface area (Å²) in [5, 5.41) is 4.45. The van der Waals surface area contributed by atoms with Crippen LogP contribution in [0.5, 0.6) is 11.5 Å². The first-order chi connectivity index (χ1) is 19.5. The fourth-order valence-electron chi connectivity index (χ4n) is 3.92. The second-order valence-electron chi connectivity index (χ2n) is 8.75. The summed E-state index contributed by atoms with van der Waals surface area (Å²) in [6.45, 7) is -0.656. The van der Waals surface area contributed by atoms with Crippen molar-refractivity contribution in [3.63, 3.8) is 0 Å². The van der Waals surface area contributed by atoms with E-state index in [2.05, 4.69) is 10.1 Å². The molecule has 1 aliphatic rings. The van der Waals surface area contributed by atoms with Crippen LogP contribution in [-0.2, 0) is 30.9 Å². The van der Waals surface area contributed by atoms with Crippen LogP contribution < -0.4 is 19.7 Å². The Bertz CT molecular complexity index is 1580. The molecule has 0 fully saturated rings. The standard InChI is InChI=1S/C26H25Cl2N3O8S2/c1-30(41(35,36)17-7-4-15(27)5-8-17)13-22-24(28)18(14-40-22)26(34)31-12-21(25(33)29-11-23(32)38-3)39-20-9-6-16(37-2)10-19(20)31/h4-10,14,21H,11-13H2,1-3H3,(H,29,33). The van der Waals surface area contributed by atoms with Gasteiger partial charge in [0, 0.05) is 34.9 Å². The predicted molar refractivity (Wildman–Crippen MR) is 154 cm³/mol. The first-order valence-electron chi connectivity index (χ1n) is 11.9. The summed E-state index contributed by atoms with van der Waals surface area (Å²) in [6.07, 6.45) is -1.14. The van der Waals surface area contributed by atoms with Crippen molar-refractivity contribution in [2.24, 2.45) is 0 Å². The van der Waals surface area contributed by atoms with Crippen LogP contribution in [0.2, 0.25) is 10.0 Å². The number of fused-ring (bicyclic) bond motifs is 1. The van der Waals surface area contributed by atoms with E-state index >= 15 is 0 Å². The number of halogens is 2. The number of nitrogens with zero attached hydrogens (tertiary/aromatic N) is 2. The van der Waals surface area contributed by atoms with Crippen molar-refractivity contribution in [3.8, 4) is 11.5 Å². The molecule has 3 aromatic rings. The molecule has 4 rings (SSSR count). The molecule has 0 saturated carbocycles. The third-order valence-corrected chi connectivity index (χ3v) is 9.75. The number of hydrogen-bond acceptors (Lipinski definition) is 9. The minimum Gasteiger partial charge on any atom is -0.497 e. The predicted octanol–water partition coefficient (Wildman–Crippen LogP) is 3.58. The third-order valence-electron chi connectivity index (χ3n) is 6.17. The number of esters is 1. The summed E-state index contributed by atoms with van der Waals surface area (Å²) in [4.78, 5) is 39.9. The SMILES string of the molecule is COC(=O)CNC(=O)C1CN(C(=O)c2csc(CN(C)S(=O)(=O)c3ccc(Cl)cc3)c2Cl)c2cc(OC)ccc2O1. The van der Waals surface area contributed by atoms with E-state index in [0.29, 0.717) is 21.3 Å². The van der Waals surface area contributed by atoms with Gasteiger partial charge in [0.15, 0.2) is 6.10 Å². The number of thiophene rings is 1. The van der Waals surface area contributed by atoms with Crippen LogP contribution in [0.1, 0.15) is 15.2 Å². The Balaban J connectivity index is 1.60. The van der Waals surface area contributed by atoms with E-state index in [1.807, 2.05) is 0 Å². The minimum absolute atomic E-state index is 0.0590. The molecule has 0 aliphatic carbocycles. The third kappa shape index (κ3) is 6.60. The van der Waals surface area contributed by atoms with Crippen molar-refractivity contribution >= 4 is 68.0 Å². The number of carbonyl (C=O) groups excluding carboxylic acids is 3. The van der Waals surface area contributed by atoms with E-state index < -0.39 is 33.9 Å². The number of sulfonamides is 1. The number of ether oxygens (including phenoxy) is 3. The molecule has 1 aromatic heterocycles. The van der Waals surface area contributed by atoms with Crippen LogP contribution in [0.15, 0.2) is 52.7 Å². The second-order valence-corrected chi connectivity index (χ2v) is 12.6. The van der Waals surface area contributed by atoms with Gasteiger partial charge in [-0.25, -0.2) is 8.42 Å². The Morgan fingerprint density at radius 2 is 1.85 bits per heavy atom. The van der Waals surface area contributed by atoms with E-state index in [1.54, 1.807) is 18.2 Å². The van der Waals surface area contributed by atoms with Crippen molar-refractivity contribution in [1.82, 2.24) is 9.62 Å². The van der Waals surface area contributed by atoms with Crippen LogP contribution >= 0.6 is 34.5 Å². The molecule has 1 unspecified atom stereocenters. The van der Waals surface area contributed by atoms with E-state index in [9.17, 15) is 22.8 Å². The van der Waals surface area contributed by atoms with Crippen molar-refractivity contribution < 1.29 is 37.0 Å². The first-order valence-corrected chi connectivity index (χ1v) is 15.0. The van der Waals surface area contributed by atoms with Gasteiger partial charge in [0.1, 0.15) is 18.0 Å². The maximum absolute atomic E-state index is 13.8. The lowest BCUT2D eigenvalue weighted by Gasteiger charge is -2.34. The fraction of sp³-hybridized carbons (Fsp3) is 0.269.